The summed E-state index contributed by atoms with van der Waals surface area (Å²) < 4.78 is 41.4. The predicted octanol–water partition coefficient (Wildman–Crippen LogP) is 2.27. The van der Waals surface area contributed by atoms with Gasteiger partial charge in [-0.3, -0.25) is 19.0 Å². The van der Waals surface area contributed by atoms with Crippen molar-refractivity contribution in [1.29, 1.82) is 0 Å². The summed E-state index contributed by atoms with van der Waals surface area (Å²) in [6.07, 6.45) is 3.89. The van der Waals surface area contributed by atoms with Gasteiger partial charge < -0.3 is 19.9 Å². The second kappa shape index (κ2) is 10.7. The number of rotatable bonds is 10. The first kappa shape index (κ1) is 25.7. The summed E-state index contributed by atoms with van der Waals surface area (Å²) in [5.74, 6) is -0.314. The molecule has 13 heteroatoms. The number of hydrogen-bond donors (Lipinski definition) is 3. The van der Waals surface area contributed by atoms with Crippen molar-refractivity contribution >= 4 is 38.6 Å². The van der Waals surface area contributed by atoms with Gasteiger partial charge in [-0.1, -0.05) is 24.2 Å². The number of carbonyl (C=O) groups excluding carboxylic acids is 2. The zero-order valence-electron chi connectivity index (χ0n) is 20.4. The highest BCUT2D eigenvalue weighted by atomic mass is 32.2. The number of anilines is 1. The van der Waals surface area contributed by atoms with Crippen molar-refractivity contribution in [2.75, 3.05) is 18.9 Å². The van der Waals surface area contributed by atoms with Gasteiger partial charge in [0, 0.05) is 31.8 Å². The quantitative estimate of drug-likeness (QED) is 0.284. The Balaban J connectivity index is 1.60. The van der Waals surface area contributed by atoms with E-state index in [-0.39, 0.29) is 22.2 Å². The molecule has 0 aliphatic heterocycles. The highest BCUT2D eigenvalue weighted by Gasteiger charge is 2.25. The van der Waals surface area contributed by atoms with Gasteiger partial charge in [-0.25, -0.2) is 8.42 Å². The van der Waals surface area contributed by atoms with Gasteiger partial charge in [0.1, 0.15) is 16.0 Å². The lowest BCUT2D eigenvalue weighted by molar-refractivity contribution is -0.120. The van der Waals surface area contributed by atoms with Gasteiger partial charge in [-0.15, -0.1) is 0 Å². The molecule has 2 heterocycles. The van der Waals surface area contributed by atoms with Crippen molar-refractivity contribution in [3.05, 3.63) is 65.5 Å². The van der Waals surface area contributed by atoms with E-state index in [0.29, 0.717) is 36.2 Å². The zero-order chi connectivity index (χ0) is 26.6. The molecule has 0 aliphatic carbocycles. The van der Waals surface area contributed by atoms with Crippen LogP contribution in [0, 0.1) is 0 Å². The van der Waals surface area contributed by atoms with Gasteiger partial charge >= 0.3 is 0 Å². The van der Waals surface area contributed by atoms with Gasteiger partial charge in [0.25, 0.3) is 15.9 Å². The number of amides is 2. The number of methoxy groups -OCH3 is 1. The number of ether oxygens (including phenoxy) is 1. The molecule has 0 saturated carbocycles. The Morgan fingerprint density at radius 1 is 1.16 bits per heavy atom. The van der Waals surface area contributed by atoms with Crippen LogP contribution >= 0.6 is 0 Å². The van der Waals surface area contributed by atoms with E-state index in [1.807, 2.05) is 6.20 Å². The van der Waals surface area contributed by atoms with Crippen LogP contribution in [0.5, 0.6) is 5.75 Å². The molecule has 2 amide bonds. The summed E-state index contributed by atoms with van der Waals surface area (Å²) in [7, 11) is -1.32. The monoisotopic (exact) mass is 526 g/mol. The first-order valence-electron chi connectivity index (χ1n) is 11.3. The molecule has 0 unspecified atom stereocenters. The Morgan fingerprint density at radius 3 is 2.68 bits per heavy atom. The molecule has 0 spiro atoms. The van der Waals surface area contributed by atoms with Crippen molar-refractivity contribution < 1.29 is 27.3 Å². The Labute approximate surface area is 213 Å². The fourth-order valence-electron chi connectivity index (χ4n) is 3.71. The van der Waals surface area contributed by atoms with E-state index in [4.69, 9.17) is 9.26 Å². The molecule has 0 aliphatic rings. The SMILES string of the molecule is CCC(=O)NCc1cnn(Cc2cc(OC)c3c(NS(=O)(=O)c4ccccc4C(=O)NC)noc3c2)c1. The van der Waals surface area contributed by atoms with E-state index >= 15 is 0 Å². The molecule has 4 rings (SSSR count). The lowest BCUT2D eigenvalue weighted by atomic mass is 10.1. The van der Waals surface area contributed by atoms with Gasteiger partial charge in [0.05, 0.1) is 25.4 Å². The molecule has 12 nitrogen and oxygen atoms in total. The number of benzene rings is 2. The Bertz CT molecular complexity index is 1560. The highest BCUT2D eigenvalue weighted by Crippen LogP contribution is 2.35. The normalized spacial score (nSPS) is 11.3. The van der Waals surface area contributed by atoms with E-state index in [1.54, 1.807) is 36.0 Å². The third kappa shape index (κ3) is 5.56. The number of aromatic nitrogens is 3. The standard InChI is InChI=1S/C24H26N6O6S/c1-4-21(31)26-11-16-12-27-30(14-16)13-15-9-18(35-3)22-19(10-15)36-28-23(22)29-37(33,34)20-8-6-5-7-17(20)24(32)25-2/h5-10,12,14H,4,11,13H2,1-3H3,(H,25,32)(H,26,31)(H,28,29). The number of nitrogens with zero attached hydrogens (tertiary/aromatic N) is 3. The summed E-state index contributed by atoms with van der Waals surface area (Å²) in [5, 5.41) is 13.8. The van der Waals surface area contributed by atoms with Crippen LogP contribution in [0.3, 0.4) is 0 Å². The van der Waals surface area contributed by atoms with Crippen LogP contribution in [0.15, 0.2) is 58.2 Å². The van der Waals surface area contributed by atoms with Gasteiger partial charge in [0.15, 0.2) is 11.4 Å². The third-order valence-corrected chi connectivity index (χ3v) is 6.94. The fourth-order valence-corrected chi connectivity index (χ4v) is 4.93. The molecule has 194 valence electrons. The molecule has 0 fully saturated rings. The lowest BCUT2D eigenvalue weighted by Gasteiger charge is -2.11. The van der Waals surface area contributed by atoms with Crippen molar-refractivity contribution in [2.45, 2.75) is 31.3 Å². The van der Waals surface area contributed by atoms with Gasteiger partial charge in [0.2, 0.25) is 5.91 Å². The number of nitrogens with one attached hydrogen (secondary N) is 3. The second-order valence-corrected chi connectivity index (χ2v) is 9.71. The molecule has 4 aromatic rings. The maximum Gasteiger partial charge on any atom is 0.263 e. The first-order valence-corrected chi connectivity index (χ1v) is 12.8. The summed E-state index contributed by atoms with van der Waals surface area (Å²) in [5.41, 5.74) is 1.91. The average Bonchev–Trinajstić information content (AvgIpc) is 3.52. The van der Waals surface area contributed by atoms with Crippen molar-refractivity contribution in [1.82, 2.24) is 25.6 Å². The molecular formula is C24H26N6O6S. The number of sulfonamides is 1. The molecule has 0 bridgehead atoms. The highest BCUT2D eigenvalue weighted by molar-refractivity contribution is 7.92. The van der Waals surface area contributed by atoms with Gasteiger partial charge in [-0.05, 0) is 29.8 Å². The zero-order valence-corrected chi connectivity index (χ0v) is 21.3. The molecule has 0 atom stereocenters. The smallest absolute Gasteiger partial charge is 0.263 e. The summed E-state index contributed by atoms with van der Waals surface area (Å²) in [6, 6.07) is 9.28. The Morgan fingerprint density at radius 2 is 1.95 bits per heavy atom. The minimum atomic E-state index is -4.19. The van der Waals surface area contributed by atoms with Crippen molar-refractivity contribution in [3.8, 4) is 5.75 Å². The van der Waals surface area contributed by atoms with E-state index in [0.717, 1.165) is 11.1 Å². The van der Waals surface area contributed by atoms with Crippen LogP contribution in [-0.4, -0.2) is 49.3 Å². The van der Waals surface area contributed by atoms with Crippen LogP contribution in [-0.2, 0) is 27.9 Å². The first-order chi connectivity index (χ1) is 17.7. The van der Waals surface area contributed by atoms with Crippen LogP contribution in [0.1, 0.15) is 34.8 Å². The van der Waals surface area contributed by atoms with Gasteiger partial charge in [-0.2, -0.15) is 5.10 Å². The molecule has 0 saturated heterocycles. The average molecular weight is 527 g/mol. The second-order valence-electron chi connectivity index (χ2n) is 8.06. The van der Waals surface area contributed by atoms with Crippen molar-refractivity contribution in [2.24, 2.45) is 0 Å². The lowest BCUT2D eigenvalue weighted by Crippen LogP contribution is -2.23. The minimum Gasteiger partial charge on any atom is -0.496 e. The number of carbonyl (C=O) groups is 2. The van der Waals surface area contributed by atoms with E-state index in [2.05, 4.69) is 25.6 Å². The minimum absolute atomic E-state index is 0.00703. The summed E-state index contributed by atoms with van der Waals surface area (Å²) in [6.45, 7) is 2.53. The molecule has 37 heavy (non-hydrogen) atoms. The van der Waals surface area contributed by atoms with Crippen LogP contribution in [0.4, 0.5) is 5.82 Å². The van der Waals surface area contributed by atoms with E-state index in [9.17, 15) is 18.0 Å². The molecule has 3 N–H and O–H groups in total. The number of hydrogen-bond acceptors (Lipinski definition) is 8. The molecular weight excluding hydrogens is 500 g/mol. The van der Waals surface area contributed by atoms with Crippen LogP contribution in [0.2, 0.25) is 0 Å². The van der Waals surface area contributed by atoms with Crippen molar-refractivity contribution in [3.63, 3.8) is 0 Å². The van der Waals surface area contributed by atoms with Crippen LogP contribution < -0.4 is 20.1 Å². The van der Waals surface area contributed by atoms with Crippen LogP contribution in [0.25, 0.3) is 11.0 Å². The van der Waals surface area contributed by atoms with E-state index < -0.39 is 15.9 Å². The van der Waals surface area contributed by atoms with E-state index in [1.165, 1.54) is 32.4 Å². The maximum absolute atomic E-state index is 13.2. The number of fused-ring (bicyclic) bond motifs is 1. The summed E-state index contributed by atoms with van der Waals surface area (Å²) in [4.78, 5) is 23.5. The largest absolute Gasteiger partial charge is 0.496 e. The molecule has 2 aromatic heterocycles. The molecule has 2 aromatic carbocycles. The predicted molar refractivity (Wildman–Crippen MR) is 135 cm³/mol. The molecule has 0 radical (unpaired) electrons. The third-order valence-electron chi connectivity index (χ3n) is 5.54. The maximum atomic E-state index is 13.2. The summed E-state index contributed by atoms with van der Waals surface area (Å²) >= 11 is 0. The fraction of sp³-hybridized carbons (Fsp3) is 0.250. The Hall–Kier alpha value is -4.39. The topological polar surface area (TPSA) is 157 Å². The Kier molecular flexibility index (Phi) is 7.43.